The Morgan fingerprint density at radius 2 is 2.04 bits per heavy atom. The van der Waals surface area contributed by atoms with Crippen molar-refractivity contribution in [3.05, 3.63) is 59.9 Å². The van der Waals surface area contributed by atoms with Gasteiger partial charge < -0.3 is 20.7 Å². The van der Waals surface area contributed by atoms with Gasteiger partial charge in [0.15, 0.2) is 0 Å². The first-order valence-electron chi connectivity index (χ1n) is 8.55. The molecule has 1 aliphatic rings. The summed E-state index contributed by atoms with van der Waals surface area (Å²) in [6.07, 6.45) is -0.0137. The lowest BCUT2D eigenvalue weighted by atomic mass is 10.2. The molecule has 5 nitrogen and oxygen atoms in total. The summed E-state index contributed by atoms with van der Waals surface area (Å²) in [5.41, 5.74) is 1.34. The van der Waals surface area contributed by atoms with Crippen LogP contribution >= 0.6 is 11.8 Å². The van der Waals surface area contributed by atoms with Crippen molar-refractivity contribution in [3.8, 4) is 0 Å². The van der Waals surface area contributed by atoms with E-state index in [0.717, 1.165) is 18.0 Å². The van der Waals surface area contributed by atoms with Crippen molar-refractivity contribution in [2.45, 2.75) is 16.8 Å². The molecule has 7 heteroatoms. The molecule has 0 aliphatic carbocycles. The first kappa shape index (κ1) is 18.7. The third-order valence-electron chi connectivity index (χ3n) is 3.97. The van der Waals surface area contributed by atoms with E-state index in [4.69, 9.17) is 4.74 Å². The van der Waals surface area contributed by atoms with E-state index in [1.54, 1.807) is 12.1 Å². The van der Waals surface area contributed by atoms with Crippen LogP contribution in [-0.4, -0.2) is 38.4 Å². The van der Waals surface area contributed by atoms with Crippen LogP contribution in [0.4, 0.5) is 14.9 Å². The number of para-hydroxylation sites is 1. The molecule has 1 aliphatic heterocycles. The van der Waals surface area contributed by atoms with Crippen molar-refractivity contribution >= 4 is 23.5 Å². The predicted octanol–water partition coefficient (Wildman–Crippen LogP) is 3.23. The molecule has 0 saturated carbocycles. The van der Waals surface area contributed by atoms with Crippen LogP contribution in [0.2, 0.25) is 0 Å². The summed E-state index contributed by atoms with van der Waals surface area (Å²) in [4.78, 5) is 13.1. The van der Waals surface area contributed by atoms with Crippen molar-refractivity contribution in [1.82, 2.24) is 10.6 Å². The molecule has 1 saturated heterocycles. The second kappa shape index (κ2) is 9.56. The number of ether oxygens (including phenoxy) is 1. The van der Waals surface area contributed by atoms with Gasteiger partial charge in [-0.25, -0.2) is 9.18 Å². The first-order chi connectivity index (χ1) is 12.7. The fourth-order valence-corrected chi connectivity index (χ4v) is 3.59. The molecule has 0 bridgehead atoms. The van der Waals surface area contributed by atoms with Crippen LogP contribution in [0.25, 0.3) is 0 Å². The summed E-state index contributed by atoms with van der Waals surface area (Å²) in [5.74, 6) is 0.276. The fourth-order valence-electron chi connectivity index (χ4n) is 2.59. The van der Waals surface area contributed by atoms with Gasteiger partial charge in [0.05, 0.1) is 18.4 Å². The Balaban J connectivity index is 1.54. The van der Waals surface area contributed by atoms with Crippen LogP contribution in [-0.2, 0) is 10.5 Å². The highest BCUT2D eigenvalue weighted by molar-refractivity contribution is 7.98. The van der Waals surface area contributed by atoms with E-state index in [-0.39, 0.29) is 18.0 Å². The van der Waals surface area contributed by atoms with Crippen molar-refractivity contribution in [3.63, 3.8) is 0 Å². The van der Waals surface area contributed by atoms with E-state index in [1.807, 2.05) is 30.3 Å². The summed E-state index contributed by atoms with van der Waals surface area (Å²) < 4.78 is 19.3. The Bertz CT molecular complexity index is 738. The van der Waals surface area contributed by atoms with Crippen LogP contribution < -0.4 is 16.0 Å². The van der Waals surface area contributed by atoms with Crippen molar-refractivity contribution in [2.24, 2.45) is 0 Å². The van der Waals surface area contributed by atoms with Crippen LogP contribution in [0.15, 0.2) is 53.4 Å². The molecular formula is C19H22FN3O2S. The number of urea groups is 1. The normalized spacial score (nSPS) is 16.9. The molecule has 1 fully saturated rings. The third-order valence-corrected chi connectivity index (χ3v) is 5.09. The SMILES string of the molecule is O=C(NCC1CNCCO1)Nc1ccccc1SCc1ccccc1F. The molecule has 3 rings (SSSR count). The summed E-state index contributed by atoms with van der Waals surface area (Å²) >= 11 is 1.49. The monoisotopic (exact) mass is 375 g/mol. The Morgan fingerprint density at radius 1 is 1.23 bits per heavy atom. The number of benzene rings is 2. The molecule has 3 N–H and O–H groups in total. The van der Waals surface area contributed by atoms with Gasteiger partial charge in [0.25, 0.3) is 0 Å². The lowest BCUT2D eigenvalue weighted by Gasteiger charge is -2.23. The van der Waals surface area contributed by atoms with Gasteiger partial charge in [-0.15, -0.1) is 11.8 Å². The summed E-state index contributed by atoms with van der Waals surface area (Å²) in [6.45, 7) is 2.68. The van der Waals surface area contributed by atoms with Gasteiger partial charge in [0.2, 0.25) is 0 Å². The highest BCUT2D eigenvalue weighted by Gasteiger charge is 2.15. The Morgan fingerprint density at radius 3 is 2.85 bits per heavy atom. The molecule has 0 spiro atoms. The van der Waals surface area contributed by atoms with Gasteiger partial charge in [0.1, 0.15) is 5.82 Å². The van der Waals surface area contributed by atoms with E-state index in [2.05, 4.69) is 16.0 Å². The highest BCUT2D eigenvalue weighted by atomic mass is 32.2. The summed E-state index contributed by atoms with van der Waals surface area (Å²) in [5, 5.41) is 8.91. The molecule has 2 amide bonds. The Hall–Kier alpha value is -2.09. The van der Waals surface area contributed by atoms with Crippen LogP contribution in [0.3, 0.4) is 0 Å². The number of amides is 2. The number of anilines is 1. The number of halogens is 1. The maximum absolute atomic E-state index is 13.8. The smallest absolute Gasteiger partial charge is 0.319 e. The van der Waals surface area contributed by atoms with Gasteiger partial charge in [0, 0.05) is 30.3 Å². The average molecular weight is 375 g/mol. The van der Waals surface area contributed by atoms with Crippen molar-refractivity contribution in [2.75, 3.05) is 31.6 Å². The molecule has 2 aromatic carbocycles. The van der Waals surface area contributed by atoms with E-state index < -0.39 is 0 Å². The van der Waals surface area contributed by atoms with Gasteiger partial charge >= 0.3 is 6.03 Å². The molecule has 0 radical (unpaired) electrons. The molecule has 26 heavy (non-hydrogen) atoms. The van der Waals surface area contributed by atoms with Crippen molar-refractivity contribution < 1.29 is 13.9 Å². The fraction of sp³-hybridized carbons (Fsp3) is 0.316. The maximum atomic E-state index is 13.8. The number of carbonyl (C=O) groups is 1. The third kappa shape index (κ3) is 5.45. The second-order valence-electron chi connectivity index (χ2n) is 5.91. The van der Waals surface area contributed by atoms with E-state index in [1.165, 1.54) is 17.8 Å². The summed E-state index contributed by atoms with van der Waals surface area (Å²) in [7, 11) is 0. The van der Waals surface area contributed by atoms with Gasteiger partial charge in [-0.3, -0.25) is 0 Å². The van der Waals surface area contributed by atoms with Gasteiger partial charge in [-0.1, -0.05) is 30.3 Å². The van der Waals surface area contributed by atoms with E-state index >= 15 is 0 Å². The van der Waals surface area contributed by atoms with Gasteiger partial charge in [-0.2, -0.15) is 0 Å². The lowest BCUT2D eigenvalue weighted by Crippen LogP contribution is -2.46. The maximum Gasteiger partial charge on any atom is 0.319 e. The molecular weight excluding hydrogens is 353 g/mol. The number of hydrogen-bond donors (Lipinski definition) is 3. The van der Waals surface area contributed by atoms with E-state index in [0.29, 0.717) is 30.2 Å². The molecule has 0 aromatic heterocycles. The topological polar surface area (TPSA) is 62.4 Å². The minimum atomic E-state index is -0.280. The largest absolute Gasteiger partial charge is 0.374 e. The first-order valence-corrected chi connectivity index (χ1v) is 9.53. The number of thioether (sulfide) groups is 1. The minimum Gasteiger partial charge on any atom is -0.374 e. The molecule has 1 unspecified atom stereocenters. The highest BCUT2D eigenvalue weighted by Crippen LogP contribution is 2.30. The standard InChI is InChI=1S/C19H22FN3O2S/c20-16-6-2-1-5-14(16)13-26-18-8-4-3-7-17(18)23-19(24)22-12-15-11-21-9-10-25-15/h1-8,15,21H,9-13H2,(H2,22,23,24). The van der Waals surface area contributed by atoms with Crippen LogP contribution in [0, 0.1) is 5.82 Å². The molecule has 2 aromatic rings. The van der Waals surface area contributed by atoms with E-state index in [9.17, 15) is 9.18 Å². The molecule has 138 valence electrons. The quantitative estimate of drug-likeness (QED) is 0.679. The minimum absolute atomic E-state index is 0.0137. The molecule has 1 atom stereocenters. The van der Waals surface area contributed by atoms with Gasteiger partial charge in [-0.05, 0) is 23.8 Å². The molecule has 1 heterocycles. The summed E-state index contributed by atoms with van der Waals surface area (Å²) in [6, 6.07) is 13.9. The number of carbonyl (C=O) groups excluding carboxylic acids is 1. The zero-order chi connectivity index (χ0) is 18.2. The van der Waals surface area contributed by atoms with Crippen molar-refractivity contribution in [1.29, 1.82) is 0 Å². The second-order valence-corrected chi connectivity index (χ2v) is 6.93. The number of morpholine rings is 1. The number of hydrogen-bond acceptors (Lipinski definition) is 4. The zero-order valence-electron chi connectivity index (χ0n) is 14.3. The predicted molar refractivity (Wildman–Crippen MR) is 102 cm³/mol. The zero-order valence-corrected chi connectivity index (χ0v) is 15.2. The Kier molecular flexibility index (Phi) is 6.88. The Labute approximate surface area is 156 Å². The average Bonchev–Trinajstić information content (AvgIpc) is 2.68. The number of nitrogens with one attached hydrogen (secondary N) is 3. The number of rotatable bonds is 6. The lowest BCUT2D eigenvalue weighted by molar-refractivity contribution is 0.0310. The van der Waals surface area contributed by atoms with Crippen LogP contribution in [0.1, 0.15) is 5.56 Å². The van der Waals surface area contributed by atoms with Crippen LogP contribution in [0.5, 0.6) is 0 Å².